The van der Waals surface area contributed by atoms with E-state index in [0.717, 1.165) is 15.1 Å². The predicted octanol–water partition coefficient (Wildman–Crippen LogP) is 6.83. The molecule has 0 spiro atoms. The maximum absolute atomic E-state index is 13.5. The third-order valence-electron chi connectivity index (χ3n) is 6.27. The number of anilines is 2. The van der Waals surface area contributed by atoms with E-state index in [1.165, 1.54) is 23.1 Å². The van der Waals surface area contributed by atoms with Gasteiger partial charge in [-0.3, -0.25) is 14.4 Å². The van der Waals surface area contributed by atoms with Crippen LogP contribution >= 0.6 is 23.1 Å². The van der Waals surface area contributed by atoms with Crippen molar-refractivity contribution in [3.63, 3.8) is 0 Å². The highest BCUT2D eigenvalue weighted by Crippen LogP contribution is 2.29. The molecule has 10 heteroatoms. The van der Waals surface area contributed by atoms with Crippen molar-refractivity contribution in [2.45, 2.75) is 17.1 Å². The van der Waals surface area contributed by atoms with Crippen molar-refractivity contribution in [1.29, 1.82) is 0 Å². The SMILES string of the molecule is COc1ccccc1/C=C(/NC(=O)c1ccccc1)C(=O)Nc1cccc(SC(C)C(=O)Nc2nc3ccccc3s2)c1. The van der Waals surface area contributed by atoms with Gasteiger partial charge in [0.25, 0.3) is 11.8 Å². The van der Waals surface area contributed by atoms with Crippen LogP contribution in [0.15, 0.2) is 114 Å². The highest BCUT2D eigenvalue weighted by Gasteiger charge is 2.19. The first-order valence-electron chi connectivity index (χ1n) is 13.4. The van der Waals surface area contributed by atoms with Crippen LogP contribution in [0, 0.1) is 0 Å². The van der Waals surface area contributed by atoms with E-state index in [9.17, 15) is 14.4 Å². The number of thiazole rings is 1. The molecule has 0 saturated heterocycles. The number of nitrogens with one attached hydrogen (secondary N) is 3. The Hall–Kier alpha value is -4.93. The molecule has 3 N–H and O–H groups in total. The number of benzene rings is 4. The summed E-state index contributed by atoms with van der Waals surface area (Å²) in [6.07, 6.45) is 1.57. The van der Waals surface area contributed by atoms with Gasteiger partial charge in [-0.15, -0.1) is 11.8 Å². The van der Waals surface area contributed by atoms with Gasteiger partial charge in [-0.1, -0.05) is 65.9 Å². The molecule has 5 aromatic rings. The zero-order valence-corrected chi connectivity index (χ0v) is 25.0. The molecule has 0 fully saturated rings. The smallest absolute Gasteiger partial charge is 0.272 e. The lowest BCUT2D eigenvalue weighted by atomic mass is 10.1. The number of carbonyl (C=O) groups is 3. The molecular formula is C33H28N4O4S2. The Morgan fingerprint density at radius 3 is 2.42 bits per heavy atom. The molecule has 1 heterocycles. The quantitative estimate of drug-likeness (QED) is 0.118. The van der Waals surface area contributed by atoms with E-state index in [1.54, 1.807) is 67.8 Å². The Balaban J connectivity index is 1.30. The van der Waals surface area contributed by atoms with Crippen molar-refractivity contribution < 1.29 is 19.1 Å². The van der Waals surface area contributed by atoms with Gasteiger partial charge in [0, 0.05) is 21.7 Å². The van der Waals surface area contributed by atoms with Gasteiger partial charge in [-0.2, -0.15) is 0 Å². The minimum Gasteiger partial charge on any atom is -0.496 e. The normalized spacial score (nSPS) is 11.9. The van der Waals surface area contributed by atoms with Crippen LogP contribution < -0.4 is 20.7 Å². The van der Waals surface area contributed by atoms with Crippen LogP contribution in [0.5, 0.6) is 5.75 Å². The number of methoxy groups -OCH3 is 1. The molecule has 0 bridgehead atoms. The van der Waals surface area contributed by atoms with Crippen molar-refractivity contribution in [3.8, 4) is 5.75 Å². The Morgan fingerprint density at radius 2 is 1.63 bits per heavy atom. The fourth-order valence-corrected chi connectivity index (χ4v) is 5.91. The minimum absolute atomic E-state index is 0.0417. The van der Waals surface area contributed by atoms with Crippen LogP contribution in [0.2, 0.25) is 0 Å². The van der Waals surface area contributed by atoms with Crippen LogP contribution in [0.25, 0.3) is 16.3 Å². The lowest BCUT2D eigenvalue weighted by molar-refractivity contribution is -0.115. The molecule has 0 aliphatic heterocycles. The van der Waals surface area contributed by atoms with Gasteiger partial charge in [0.1, 0.15) is 11.4 Å². The third-order valence-corrected chi connectivity index (χ3v) is 8.31. The molecule has 0 radical (unpaired) electrons. The van der Waals surface area contributed by atoms with Crippen molar-refractivity contribution in [2.24, 2.45) is 0 Å². The van der Waals surface area contributed by atoms with Crippen molar-refractivity contribution in [2.75, 3.05) is 17.7 Å². The maximum Gasteiger partial charge on any atom is 0.272 e. The summed E-state index contributed by atoms with van der Waals surface area (Å²) < 4.78 is 6.43. The monoisotopic (exact) mass is 608 g/mol. The second-order valence-corrected chi connectivity index (χ2v) is 11.8. The van der Waals surface area contributed by atoms with E-state index >= 15 is 0 Å². The van der Waals surface area contributed by atoms with Gasteiger partial charge in [0.15, 0.2) is 5.13 Å². The van der Waals surface area contributed by atoms with Crippen molar-refractivity contribution >= 4 is 67.9 Å². The summed E-state index contributed by atoms with van der Waals surface area (Å²) >= 11 is 2.78. The summed E-state index contributed by atoms with van der Waals surface area (Å²) in [5, 5.41) is 8.63. The molecule has 0 saturated carbocycles. The zero-order chi connectivity index (χ0) is 30.2. The molecule has 0 aliphatic rings. The van der Waals surface area contributed by atoms with E-state index in [2.05, 4.69) is 20.9 Å². The van der Waals surface area contributed by atoms with Crippen LogP contribution in [0.3, 0.4) is 0 Å². The van der Waals surface area contributed by atoms with Crippen LogP contribution in [0.1, 0.15) is 22.8 Å². The lowest BCUT2D eigenvalue weighted by Gasteiger charge is -2.14. The number of rotatable bonds is 10. The predicted molar refractivity (Wildman–Crippen MR) is 174 cm³/mol. The highest BCUT2D eigenvalue weighted by molar-refractivity contribution is 8.00. The molecule has 1 atom stereocenters. The average molecular weight is 609 g/mol. The van der Waals surface area contributed by atoms with E-state index < -0.39 is 17.1 Å². The standard InChI is InChI=1S/C33H28N4O4S2/c1-21(30(38)37-33-36-26-16-7-9-18-29(26)43-33)42-25-15-10-14-24(20-25)34-32(40)27(19-23-13-6-8-17-28(23)41-2)35-31(39)22-11-4-3-5-12-22/h3-21H,1-2H3,(H,34,40)(H,35,39)(H,36,37,38)/b27-19+. The van der Waals surface area contributed by atoms with Gasteiger partial charge in [-0.25, -0.2) is 4.98 Å². The van der Waals surface area contributed by atoms with Crippen molar-refractivity contribution in [1.82, 2.24) is 10.3 Å². The Labute approximate surface area is 257 Å². The second kappa shape index (κ2) is 13.8. The Morgan fingerprint density at radius 1 is 0.884 bits per heavy atom. The van der Waals surface area contributed by atoms with E-state index in [4.69, 9.17) is 4.74 Å². The molecule has 43 heavy (non-hydrogen) atoms. The zero-order valence-electron chi connectivity index (χ0n) is 23.4. The summed E-state index contributed by atoms with van der Waals surface area (Å²) in [4.78, 5) is 44.6. The number of ether oxygens (including phenoxy) is 1. The first-order chi connectivity index (χ1) is 20.9. The van der Waals surface area contributed by atoms with E-state index in [-0.39, 0.29) is 11.6 Å². The van der Waals surface area contributed by atoms with Gasteiger partial charge in [0.2, 0.25) is 5.91 Å². The minimum atomic E-state index is -0.515. The summed E-state index contributed by atoms with van der Waals surface area (Å²) in [6, 6.07) is 30.8. The highest BCUT2D eigenvalue weighted by atomic mass is 32.2. The Bertz CT molecular complexity index is 1770. The average Bonchev–Trinajstić information content (AvgIpc) is 3.44. The molecule has 216 valence electrons. The molecule has 3 amide bonds. The van der Waals surface area contributed by atoms with Crippen LogP contribution in [-0.4, -0.2) is 35.1 Å². The van der Waals surface area contributed by atoms with Gasteiger partial charge < -0.3 is 20.7 Å². The first-order valence-corrected chi connectivity index (χ1v) is 15.0. The summed E-state index contributed by atoms with van der Waals surface area (Å²) in [7, 11) is 1.54. The first kappa shape index (κ1) is 29.6. The van der Waals surface area contributed by atoms with E-state index in [0.29, 0.717) is 27.7 Å². The lowest BCUT2D eigenvalue weighted by Crippen LogP contribution is -2.30. The van der Waals surface area contributed by atoms with Crippen LogP contribution in [0.4, 0.5) is 10.8 Å². The van der Waals surface area contributed by atoms with Gasteiger partial charge in [0.05, 0.1) is 22.6 Å². The van der Waals surface area contributed by atoms with Crippen LogP contribution in [-0.2, 0) is 9.59 Å². The van der Waals surface area contributed by atoms with Gasteiger partial charge >= 0.3 is 0 Å². The van der Waals surface area contributed by atoms with E-state index in [1.807, 2.05) is 55.5 Å². The molecule has 8 nitrogen and oxygen atoms in total. The fourth-order valence-electron chi connectivity index (χ4n) is 4.12. The number of thioether (sulfide) groups is 1. The van der Waals surface area contributed by atoms with Gasteiger partial charge in [-0.05, 0) is 61.5 Å². The maximum atomic E-state index is 13.5. The summed E-state index contributed by atoms with van der Waals surface area (Å²) in [5.74, 6) is -0.560. The number of carbonyl (C=O) groups excluding carboxylic acids is 3. The number of fused-ring (bicyclic) bond motifs is 1. The largest absolute Gasteiger partial charge is 0.496 e. The number of hydrogen-bond donors (Lipinski definition) is 3. The number of para-hydroxylation sites is 2. The summed E-state index contributed by atoms with van der Waals surface area (Å²) in [6.45, 7) is 1.81. The number of amides is 3. The molecular weight excluding hydrogens is 581 g/mol. The topological polar surface area (TPSA) is 109 Å². The number of nitrogens with zero attached hydrogens (tertiary/aromatic N) is 1. The number of aromatic nitrogens is 1. The molecule has 1 aromatic heterocycles. The third kappa shape index (κ3) is 7.68. The number of hydrogen-bond acceptors (Lipinski definition) is 7. The molecule has 5 rings (SSSR count). The molecule has 1 unspecified atom stereocenters. The fraction of sp³-hybridized carbons (Fsp3) is 0.0909. The molecule has 4 aromatic carbocycles. The second-order valence-electron chi connectivity index (χ2n) is 9.34. The summed E-state index contributed by atoms with van der Waals surface area (Å²) in [5.41, 5.74) is 2.43. The Kier molecular flexibility index (Phi) is 9.50. The van der Waals surface area contributed by atoms with Crippen molar-refractivity contribution in [3.05, 3.63) is 120 Å². The molecule has 0 aliphatic carbocycles.